The number of hydrogen-bond donors (Lipinski definition) is 2. The standard InChI is InChI=1S/C6H16N4S/c1-10(2)4-3-5-11-6(7)9-8/h3-5,8H2,1-2H3,(H2,7,9). The first-order valence-electron chi connectivity index (χ1n) is 3.47. The summed E-state index contributed by atoms with van der Waals surface area (Å²) in [5.41, 5.74) is 5.36. The molecule has 0 aliphatic rings. The molecule has 0 aromatic heterocycles. The summed E-state index contributed by atoms with van der Waals surface area (Å²) in [5.74, 6) is 5.92. The van der Waals surface area contributed by atoms with Crippen molar-refractivity contribution in [3.8, 4) is 0 Å². The molecule has 4 N–H and O–H groups in total. The predicted molar refractivity (Wildman–Crippen MR) is 51.4 cm³/mol. The summed E-state index contributed by atoms with van der Waals surface area (Å²) >= 11 is 1.49. The first-order chi connectivity index (χ1) is 5.16. The Balaban J connectivity index is 3.15. The first kappa shape index (κ1) is 10.6. The van der Waals surface area contributed by atoms with E-state index in [-0.39, 0.29) is 0 Å². The number of hydrogen-bond acceptors (Lipinski definition) is 4. The van der Waals surface area contributed by atoms with Crippen LogP contribution in [0.3, 0.4) is 0 Å². The largest absolute Gasteiger partial charge is 0.377 e. The Labute approximate surface area is 72.0 Å². The van der Waals surface area contributed by atoms with E-state index in [1.54, 1.807) is 0 Å². The average Bonchev–Trinajstić information content (AvgIpc) is 1.97. The highest BCUT2D eigenvalue weighted by Crippen LogP contribution is 2.01. The Morgan fingerprint density at radius 3 is 2.64 bits per heavy atom. The first-order valence-corrected chi connectivity index (χ1v) is 4.46. The summed E-state index contributed by atoms with van der Waals surface area (Å²) in [6.45, 7) is 1.07. The fraction of sp³-hybridized carbons (Fsp3) is 0.833. The Bertz CT molecular complexity index is 124. The second-order valence-electron chi connectivity index (χ2n) is 2.47. The van der Waals surface area contributed by atoms with Crippen LogP contribution in [0.15, 0.2) is 5.10 Å². The van der Waals surface area contributed by atoms with Crippen molar-refractivity contribution < 1.29 is 0 Å². The highest BCUT2D eigenvalue weighted by molar-refractivity contribution is 8.13. The lowest BCUT2D eigenvalue weighted by atomic mass is 10.5. The molecule has 0 saturated carbocycles. The molecule has 0 heterocycles. The molecule has 4 nitrogen and oxygen atoms in total. The Morgan fingerprint density at radius 1 is 1.55 bits per heavy atom. The van der Waals surface area contributed by atoms with Gasteiger partial charge in [0.25, 0.3) is 0 Å². The molecule has 0 saturated heterocycles. The zero-order valence-electron chi connectivity index (χ0n) is 7.08. The molecule has 0 aromatic rings. The number of thioether (sulfide) groups is 1. The number of rotatable bonds is 4. The molecule has 0 atom stereocenters. The second-order valence-corrected chi connectivity index (χ2v) is 3.59. The van der Waals surface area contributed by atoms with E-state index in [0.717, 1.165) is 18.7 Å². The number of amidine groups is 1. The molecule has 0 aromatic carbocycles. The Kier molecular flexibility index (Phi) is 6.06. The summed E-state index contributed by atoms with van der Waals surface area (Å²) in [6.07, 6.45) is 1.11. The number of hydrazone groups is 1. The van der Waals surface area contributed by atoms with Gasteiger partial charge in [-0.3, -0.25) is 0 Å². The van der Waals surface area contributed by atoms with Gasteiger partial charge in [0.1, 0.15) is 0 Å². The van der Waals surface area contributed by atoms with Crippen molar-refractivity contribution in [3.63, 3.8) is 0 Å². The monoisotopic (exact) mass is 176 g/mol. The van der Waals surface area contributed by atoms with Crippen molar-refractivity contribution in [3.05, 3.63) is 0 Å². The molecule has 0 bridgehead atoms. The zero-order chi connectivity index (χ0) is 8.69. The van der Waals surface area contributed by atoms with Crippen LogP contribution < -0.4 is 11.6 Å². The van der Waals surface area contributed by atoms with E-state index in [2.05, 4.69) is 10.0 Å². The van der Waals surface area contributed by atoms with Crippen LogP contribution in [-0.4, -0.2) is 36.5 Å². The Hall–Kier alpha value is -0.420. The lowest BCUT2D eigenvalue weighted by molar-refractivity contribution is 0.410. The van der Waals surface area contributed by atoms with Crippen LogP contribution in [0.4, 0.5) is 0 Å². The maximum absolute atomic E-state index is 5.36. The van der Waals surface area contributed by atoms with Crippen LogP contribution in [-0.2, 0) is 0 Å². The summed E-state index contributed by atoms with van der Waals surface area (Å²) in [7, 11) is 4.09. The molecular formula is C6H16N4S. The predicted octanol–water partition coefficient (Wildman–Crippen LogP) is -0.140. The van der Waals surface area contributed by atoms with Crippen LogP contribution in [0.5, 0.6) is 0 Å². The molecule has 0 rings (SSSR count). The van der Waals surface area contributed by atoms with Gasteiger partial charge in [-0.25, -0.2) is 0 Å². The summed E-state index contributed by atoms with van der Waals surface area (Å²) in [5, 5.41) is 3.81. The van der Waals surface area contributed by atoms with E-state index in [0.29, 0.717) is 5.17 Å². The van der Waals surface area contributed by atoms with Gasteiger partial charge in [-0.2, -0.15) is 5.10 Å². The van der Waals surface area contributed by atoms with Crippen LogP contribution in [0.25, 0.3) is 0 Å². The van der Waals surface area contributed by atoms with Crippen molar-refractivity contribution in [1.82, 2.24) is 4.90 Å². The molecule has 66 valence electrons. The maximum Gasteiger partial charge on any atom is 0.177 e. The van der Waals surface area contributed by atoms with Crippen LogP contribution in [0.1, 0.15) is 6.42 Å². The van der Waals surface area contributed by atoms with Gasteiger partial charge in [-0.15, -0.1) is 0 Å². The van der Waals surface area contributed by atoms with E-state index in [9.17, 15) is 0 Å². The van der Waals surface area contributed by atoms with Crippen LogP contribution in [0.2, 0.25) is 0 Å². The quantitative estimate of drug-likeness (QED) is 0.206. The van der Waals surface area contributed by atoms with E-state index in [4.69, 9.17) is 11.6 Å². The third kappa shape index (κ3) is 7.48. The van der Waals surface area contributed by atoms with Gasteiger partial charge in [0.15, 0.2) is 5.17 Å². The minimum Gasteiger partial charge on any atom is -0.377 e. The highest BCUT2D eigenvalue weighted by Gasteiger charge is 1.93. The van der Waals surface area contributed by atoms with E-state index >= 15 is 0 Å². The number of nitrogens with two attached hydrogens (primary N) is 2. The molecule has 0 aliphatic carbocycles. The van der Waals surface area contributed by atoms with Crippen molar-refractivity contribution in [2.75, 3.05) is 26.4 Å². The van der Waals surface area contributed by atoms with Crippen LogP contribution in [0, 0.1) is 0 Å². The number of nitrogens with zero attached hydrogens (tertiary/aromatic N) is 2. The summed E-state index contributed by atoms with van der Waals surface area (Å²) < 4.78 is 0. The van der Waals surface area contributed by atoms with Gasteiger partial charge >= 0.3 is 0 Å². The van der Waals surface area contributed by atoms with Gasteiger partial charge in [-0.1, -0.05) is 11.8 Å². The van der Waals surface area contributed by atoms with Gasteiger partial charge < -0.3 is 16.5 Å². The smallest absolute Gasteiger partial charge is 0.177 e. The molecule has 0 amide bonds. The Morgan fingerprint density at radius 2 is 2.18 bits per heavy atom. The van der Waals surface area contributed by atoms with Crippen LogP contribution >= 0.6 is 11.8 Å². The van der Waals surface area contributed by atoms with Gasteiger partial charge in [0.05, 0.1) is 0 Å². The van der Waals surface area contributed by atoms with Crippen molar-refractivity contribution in [2.45, 2.75) is 6.42 Å². The minimum atomic E-state index is 0.462. The summed E-state index contributed by atoms with van der Waals surface area (Å²) in [4.78, 5) is 2.14. The van der Waals surface area contributed by atoms with Gasteiger partial charge in [0, 0.05) is 5.75 Å². The highest BCUT2D eigenvalue weighted by atomic mass is 32.2. The fourth-order valence-electron chi connectivity index (χ4n) is 0.595. The van der Waals surface area contributed by atoms with Crippen molar-refractivity contribution >= 4 is 16.9 Å². The van der Waals surface area contributed by atoms with Crippen molar-refractivity contribution in [1.29, 1.82) is 0 Å². The third-order valence-corrected chi connectivity index (χ3v) is 2.02. The van der Waals surface area contributed by atoms with Gasteiger partial charge in [-0.05, 0) is 27.1 Å². The molecule has 5 heteroatoms. The average molecular weight is 176 g/mol. The normalized spacial score (nSPS) is 12.5. The molecule has 11 heavy (non-hydrogen) atoms. The maximum atomic E-state index is 5.36. The topological polar surface area (TPSA) is 67.6 Å². The zero-order valence-corrected chi connectivity index (χ0v) is 7.90. The summed E-state index contributed by atoms with van der Waals surface area (Å²) in [6, 6.07) is 0. The SMILES string of the molecule is CN(C)CCCSC(N)=NN. The van der Waals surface area contributed by atoms with E-state index < -0.39 is 0 Å². The molecule has 0 radical (unpaired) electrons. The minimum absolute atomic E-state index is 0.462. The molecule has 0 fully saturated rings. The lowest BCUT2D eigenvalue weighted by Gasteiger charge is -2.07. The molecule has 0 unspecified atom stereocenters. The van der Waals surface area contributed by atoms with Crippen molar-refractivity contribution in [2.24, 2.45) is 16.7 Å². The third-order valence-electron chi connectivity index (χ3n) is 1.13. The van der Waals surface area contributed by atoms with Gasteiger partial charge in [0.2, 0.25) is 0 Å². The molecule has 0 spiro atoms. The second kappa shape index (κ2) is 6.30. The molecule has 0 aliphatic heterocycles. The molecular weight excluding hydrogens is 160 g/mol. The van der Waals surface area contributed by atoms with E-state index in [1.807, 2.05) is 14.1 Å². The fourth-order valence-corrected chi connectivity index (χ4v) is 1.15. The lowest BCUT2D eigenvalue weighted by Crippen LogP contribution is -2.15. The van der Waals surface area contributed by atoms with E-state index in [1.165, 1.54) is 11.8 Å².